The lowest BCUT2D eigenvalue weighted by atomic mass is 10.1. The van der Waals surface area contributed by atoms with Crippen molar-refractivity contribution >= 4 is 18.3 Å². The molecule has 0 saturated carbocycles. The van der Waals surface area contributed by atoms with Crippen molar-refractivity contribution in [1.29, 1.82) is 0 Å². The van der Waals surface area contributed by atoms with Gasteiger partial charge in [0.05, 0.1) is 12.5 Å². The molecule has 1 aliphatic rings. The second-order valence-electron chi connectivity index (χ2n) is 4.21. The Morgan fingerprint density at radius 1 is 1.44 bits per heavy atom. The third-order valence-corrected chi connectivity index (χ3v) is 3.07. The monoisotopic (exact) mass is 276 g/mol. The van der Waals surface area contributed by atoms with Crippen LogP contribution in [0.4, 0.5) is 8.78 Å². The van der Waals surface area contributed by atoms with Gasteiger partial charge in [0.25, 0.3) is 0 Å². The van der Waals surface area contributed by atoms with E-state index in [2.05, 4.69) is 5.32 Å². The number of likely N-dealkylation sites (N-methyl/N-ethyl adjacent to an activating group) is 1. The largest absolute Gasteiger partial charge is 0.340 e. The van der Waals surface area contributed by atoms with E-state index < -0.39 is 11.6 Å². The van der Waals surface area contributed by atoms with E-state index in [-0.39, 0.29) is 36.3 Å². The zero-order chi connectivity index (χ0) is 12.4. The van der Waals surface area contributed by atoms with Crippen LogP contribution in [0.5, 0.6) is 0 Å². The fourth-order valence-electron chi connectivity index (χ4n) is 1.72. The van der Waals surface area contributed by atoms with Crippen molar-refractivity contribution in [2.24, 2.45) is 0 Å². The molecule has 1 amide bonds. The van der Waals surface area contributed by atoms with E-state index in [0.717, 1.165) is 19.2 Å². The molecule has 6 heteroatoms. The Morgan fingerprint density at radius 2 is 2.11 bits per heavy atom. The molecule has 1 aromatic rings. The maximum Gasteiger partial charge on any atom is 0.227 e. The third kappa shape index (κ3) is 2.97. The number of rotatable bonds is 3. The Labute approximate surface area is 111 Å². The van der Waals surface area contributed by atoms with E-state index in [4.69, 9.17) is 0 Å². The normalized spacial score (nSPS) is 14.6. The quantitative estimate of drug-likeness (QED) is 0.904. The molecule has 18 heavy (non-hydrogen) atoms. The summed E-state index contributed by atoms with van der Waals surface area (Å²) in [5, 5.41) is 3.05. The van der Waals surface area contributed by atoms with Gasteiger partial charge in [0.2, 0.25) is 5.91 Å². The van der Waals surface area contributed by atoms with Gasteiger partial charge in [0.1, 0.15) is 0 Å². The van der Waals surface area contributed by atoms with Crippen molar-refractivity contribution in [3.05, 3.63) is 35.4 Å². The number of carbonyl (C=O) groups excluding carboxylic acids is 1. The number of hydrogen-bond donors (Lipinski definition) is 1. The lowest BCUT2D eigenvalue weighted by Gasteiger charge is -2.35. The highest BCUT2D eigenvalue weighted by Crippen LogP contribution is 2.13. The van der Waals surface area contributed by atoms with Crippen LogP contribution < -0.4 is 5.32 Å². The summed E-state index contributed by atoms with van der Waals surface area (Å²) in [4.78, 5) is 13.4. The van der Waals surface area contributed by atoms with Crippen LogP contribution in [0.1, 0.15) is 5.56 Å². The standard InChI is InChI=1S/C12H14F2N2O.ClH/c1-16(9-6-15-7-9)11(17)5-8-3-2-4-10(13)12(8)14;/h2-4,9,15H,5-7H2,1H3;1H. The first-order valence-electron chi connectivity index (χ1n) is 5.49. The topological polar surface area (TPSA) is 32.3 Å². The summed E-state index contributed by atoms with van der Waals surface area (Å²) in [6, 6.07) is 4.05. The van der Waals surface area contributed by atoms with Gasteiger partial charge in [-0.05, 0) is 6.07 Å². The predicted octanol–water partition coefficient (Wildman–Crippen LogP) is 1.36. The van der Waals surface area contributed by atoms with Crippen LogP contribution in [0.3, 0.4) is 0 Å². The molecule has 1 aliphatic heterocycles. The van der Waals surface area contributed by atoms with E-state index in [1.165, 1.54) is 12.1 Å². The molecular weight excluding hydrogens is 262 g/mol. The summed E-state index contributed by atoms with van der Waals surface area (Å²) in [6.07, 6.45) is -0.101. The molecular formula is C12H15ClF2N2O. The van der Waals surface area contributed by atoms with Crippen LogP contribution in [0.15, 0.2) is 18.2 Å². The van der Waals surface area contributed by atoms with E-state index in [9.17, 15) is 13.6 Å². The number of amides is 1. The minimum Gasteiger partial charge on any atom is -0.340 e. The number of nitrogens with one attached hydrogen (secondary N) is 1. The first-order chi connectivity index (χ1) is 8.09. The average molecular weight is 277 g/mol. The summed E-state index contributed by atoms with van der Waals surface area (Å²) >= 11 is 0. The van der Waals surface area contributed by atoms with Crippen LogP contribution in [0.2, 0.25) is 0 Å². The van der Waals surface area contributed by atoms with E-state index in [0.29, 0.717) is 0 Å². The molecule has 1 N–H and O–H groups in total. The molecule has 0 atom stereocenters. The van der Waals surface area contributed by atoms with E-state index >= 15 is 0 Å². The molecule has 0 radical (unpaired) electrons. The van der Waals surface area contributed by atoms with Gasteiger partial charge in [-0.1, -0.05) is 12.1 Å². The van der Waals surface area contributed by atoms with Gasteiger partial charge in [-0.3, -0.25) is 4.79 Å². The van der Waals surface area contributed by atoms with Gasteiger partial charge >= 0.3 is 0 Å². The summed E-state index contributed by atoms with van der Waals surface area (Å²) in [7, 11) is 1.69. The molecule has 100 valence electrons. The summed E-state index contributed by atoms with van der Waals surface area (Å²) in [6.45, 7) is 1.52. The number of carbonyl (C=O) groups is 1. The van der Waals surface area contributed by atoms with Crippen molar-refractivity contribution in [3.63, 3.8) is 0 Å². The summed E-state index contributed by atoms with van der Waals surface area (Å²) in [5.41, 5.74) is 0.106. The first-order valence-corrected chi connectivity index (χ1v) is 5.49. The van der Waals surface area contributed by atoms with Gasteiger partial charge in [-0.15, -0.1) is 12.4 Å². The first kappa shape index (κ1) is 14.9. The molecule has 0 unspecified atom stereocenters. The molecule has 1 aromatic carbocycles. The second-order valence-corrected chi connectivity index (χ2v) is 4.21. The SMILES string of the molecule is CN(C(=O)Cc1cccc(F)c1F)C1CNC1.Cl. The maximum absolute atomic E-state index is 13.4. The molecule has 0 aliphatic carbocycles. The smallest absolute Gasteiger partial charge is 0.227 e. The van der Waals surface area contributed by atoms with Gasteiger partial charge in [0.15, 0.2) is 11.6 Å². The Kier molecular flexibility index (Phi) is 5.04. The molecule has 3 nitrogen and oxygen atoms in total. The molecule has 0 spiro atoms. The third-order valence-electron chi connectivity index (χ3n) is 3.07. The van der Waals surface area contributed by atoms with Crippen LogP contribution in [-0.2, 0) is 11.2 Å². The zero-order valence-electron chi connectivity index (χ0n) is 9.95. The number of halogens is 3. The Hall–Kier alpha value is -1.20. The number of benzene rings is 1. The molecule has 1 fully saturated rings. The second kappa shape index (κ2) is 6.11. The van der Waals surface area contributed by atoms with Crippen molar-refractivity contribution in [2.75, 3.05) is 20.1 Å². The lowest BCUT2D eigenvalue weighted by molar-refractivity contribution is -0.132. The average Bonchev–Trinajstić information content (AvgIpc) is 2.22. The van der Waals surface area contributed by atoms with E-state index in [1.807, 2.05) is 0 Å². The van der Waals surface area contributed by atoms with E-state index in [1.54, 1.807) is 11.9 Å². The highest BCUT2D eigenvalue weighted by atomic mass is 35.5. The van der Waals surface area contributed by atoms with Crippen LogP contribution in [0, 0.1) is 11.6 Å². The highest BCUT2D eigenvalue weighted by molar-refractivity contribution is 5.85. The minimum absolute atomic E-state index is 0. The van der Waals surface area contributed by atoms with Crippen molar-refractivity contribution in [2.45, 2.75) is 12.5 Å². The Balaban J connectivity index is 0.00000162. The van der Waals surface area contributed by atoms with Crippen molar-refractivity contribution in [3.8, 4) is 0 Å². The minimum atomic E-state index is -0.930. The van der Waals surface area contributed by atoms with Crippen molar-refractivity contribution in [1.82, 2.24) is 10.2 Å². The van der Waals surface area contributed by atoms with Crippen LogP contribution in [0.25, 0.3) is 0 Å². The van der Waals surface area contributed by atoms with Crippen LogP contribution >= 0.6 is 12.4 Å². The van der Waals surface area contributed by atoms with Gasteiger partial charge in [-0.25, -0.2) is 8.78 Å². The molecule has 1 heterocycles. The summed E-state index contributed by atoms with van der Waals surface area (Å²) < 4.78 is 26.3. The Bertz CT molecular complexity index is 438. The maximum atomic E-state index is 13.4. The number of nitrogens with zero attached hydrogens (tertiary/aromatic N) is 1. The van der Waals surface area contributed by atoms with Crippen LogP contribution in [-0.4, -0.2) is 37.0 Å². The summed E-state index contributed by atoms with van der Waals surface area (Å²) in [5.74, 6) is -2.04. The van der Waals surface area contributed by atoms with Gasteiger partial charge in [0, 0.05) is 25.7 Å². The fourth-order valence-corrected chi connectivity index (χ4v) is 1.72. The van der Waals surface area contributed by atoms with Gasteiger partial charge < -0.3 is 10.2 Å². The highest BCUT2D eigenvalue weighted by Gasteiger charge is 2.25. The predicted molar refractivity (Wildman–Crippen MR) is 66.7 cm³/mol. The molecule has 0 bridgehead atoms. The molecule has 0 aromatic heterocycles. The lowest BCUT2D eigenvalue weighted by Crippen LogP contribution is -2.57. The Morgan fingerprint density at radius 3 is 2.67 bits per heavy atom. The van der Waals surface area contributed by atoms with Crippen molar-refractivity contribution < 1.29 is 13.6 Å². The number of hydrogen-bond acceptors (Lipinski definition) is 2. The molecule has 2 rings (SSSR count). The van der Waals surface area contributed by atoms with Gasteiger partial charge in [-0.2, -0.15) is 0 Å². The molecule has 1 saturated heterocycles. The fraction of sp³-hybridized carbons (Fsp3) is 0.417. The zero-order valence-corrected chi connectivity index (χ0v) is 10.8.